The highest BCUT2D eigenvalue weighted by Crippen LogP contribution is 2.18. The van der Waals surface area contributed by atoms with E-state index in [1.807, 2.05) is 0 Å². The first kappa shape index (κ1) is 14.8. The third kappa shape index (κ3) is 3.72. The Morgan fingerprint density at radius 3 is 2.95 bits per heavy atom. The molecule has 2 heterocycles. The summed E-state index contributed by atoms with van der Waals surface area (Å²) in [4.78, 5) is 12.5. The van der Waals surface area contributed by atoms with Gasteiger partial charge in [0.25, 0.3) is 5.91 Å². The monoisotopic (exact) mass is 290 g/mol. The van der Waals surface area contributed by atoms with Gasteiger partial charge in [-0.2, -0.15) is 18.3 Å². The van der Waals surface area contributed by atoms with Gasteiger partial charge >= 0.3 is 6.18 Å². The van der Waals surface area contributed by atoms with Crippen LogP contribution >= 0.6 is 0 Å². The second-order valence-corrected chi connectivity index (χ2v) is 4.96. The first-order valence-electron chi connectivity index (χ1n) is 6.45. The van der Waals surface area contributed by atoms with E-state index in [4.69, 9.17) is 0 Å². The third-order valence-electron chi connectivity index (χ3n) is 3.24. The van der Waals surface area contributed by atoms with Gasteiger partial charge in [0.15, 0.2) is 0 Å². The molecule has 1 aliphatic heterocycles. The van der Waals surface area contributed by atoms with E-state index in [1.54, 1.807) is 10.9 Å². The molecule has 0 aliphatic carbocycles. The number of carbonyl (C=O) groups excluding carboxylic acids is 1. The van der Waals surface area contributed by atoms with Gasteiger partial charge < -0.3 is 10.2 Å². The number of piperidine rings is 1. The zero-order valence-electron chi connectivity index (χ0n) is 11.2. The SMILES string of the molecule is CN(CC(F)(F)F)C(=O)c1ccn(C2CCCNC2)n1. The average molecular weight is 290 g/mol. The number of hydrogen-bond acceptors (Lipinski definition) is 3. The summed E-state index contributed by atoms with van der Waals surface area (Å²) < 4.78 is 38.4. The van der Waals surface area contributed by atoms with Crippen molar-refractivity contribution in [1.82, 2.24) is 20.0 Å². The number of hydrogen-bond donors (Lipinski definition) is 1. The molecule has 1 amide bonds. The molecule has 112 valence electrons. The average Bonchev–Trinajstić information content (AvgIpc) is 2.86. The van der Waals surface area contributed by atoms with Crippen LogP contribution in [-0.4, -0.2) is 53.4 Å². The van der Waals surface area contributed by atoms with Crippen LogP contribution in [0, 0.1) is 0 Å². The van der Waals surface area contributed by atoms with Crippen LogP contribution in [0.5, 0.6) is 0 Å². The number of alkyl halides is 3. The Kier molecular flexibility index (Phi) is 4.32. The van der Waals surface area contributed by atoms with Gasteiger partial charge in [0.05, 0.1) is 6.04 Å². The van der Waals surface area contributed by atoms with Gasteiger partial charge in [-0.25, -0.2) is 0 Å². The van der Waals surface area contributed by atoms with E-state index in [-0.39, 0.29) is 11.7 Å². The fourth-order valence-electron chi connectivity index (χ4n) is 2.25. The summed E-state index contributed by atoms with van der Waals surface area (Å²) in [6.45, 7) is 0.440. The van der Waals surface area contributed by atoms with Gasteiger partial charge in [0.1, 0.15) is 12.2 Å². The van der Waals surface area contributed by atoms with Crippen LogP contribution in [0.3, 0.4) is 0 Å². The molecule has 1 unspecified atom stereocenters. The molecule has 1 saturated heterocycles. The predicted octanol–water partition coefficient (Wildman–Crippen LogP) is 1.44. The van der Waals surface area contributed by atoms with Crippen LogP contribution < -0.4 is 5.32 Å². The minimum atomic E-state index is -4.40. The normalized spacial score (nSPS) is 19.9. The molecule has 1 aliphatic rings. The predicted molar refractivity (Wildman–Crippen MR) is 66.4 cm³/mol. The third-order valence-corrected chi connectivity index (χ3v) is 3.24. The van der Waals surface area contributed by atoms with Gasteiger partial charge in [0, 0.05) is 19.8 Å². The minimum Gasteiger partial charge on any atom is -0.331 e. The van der Waals surface area contributed by atoms with E-state index in [0.29, 0.717) is 4.90 Å². The molecule has 0 spiro atoms. The highest BCUT2D eigenvalue weighted by Gasteiger charge is 2.32. The lowest BCUT2D eigenvalue weighted by Gasteiger charge is -2.23. The lowest BCUT2D eigenvalue weighted by molar-refractivity contribution is -0.138. The molecule has 1 N–H and O–H groups in total. The maximum Gasteiger partial charge on any atom is 0.406 e. The van der Waals surface area contributed by atoms with Crippen molar-refractivity contribution in [3.63, 3.8) is 0 Å². The Hall–Kier alpha value is -1.57. The molecule has 0 aromatic carbocycles. The minimum absolute atomic E-state index is 0.0438. The van der Waals surface area contributed by atoms with Crippen molar-refractivity contribution in [3.05, 3.63) is 18.0 Å². The van der Waals surface area contributed by atoms with Crippen molar-refractivity contribution < 1.29 is 18.0 Å². The first-order valence-corrected chi connectivity index (χ1v) is 6.45. The van der Waals surface area contributed by atoms with Crippen LogP contribution in [-0.2, 0) is 0 Å². The second kappa shape index (κ2) is 5.82. The zero-order chi connectivity index (χ0) is 14.8. The smallest absolute Gasteiger partial charge is 0.331 e. The van der Waals surface area contributed by atoms with E-state index in [1.165, 1.54) is 6.07 Å². The summed E-state index contributed by atoms with van der Waals surface area (Å²) >= 11 is 0. The van der Waals surface area contributed by atoms with Crippen LogP contribution in [0.25, 0.3) is 0 Å². The van der Waals surface area contributed by atoms with E-state index in [9.17, 15) is 18.0 Å². The fraction of sp³-hybridized carbons (Fsp3) is 0.667. The molecule has 1 aromatic heterocycles. The number of rotatable bonds is 3. The van der Waals surface area contributed by atoms with E-state index < -0.39 is 18.6 Å². The Labute approximate surface area is 114 Å². The standard InChI is InChI=1S/C12H17F3N4O/c1-18(8-12(13,14)15)11(20)10-4-6-19(17-10)9-3-2-5-16-7-9/h4,6,9,16H,2-3,5,7-8H2,1H3. The number of carbonyl (C=O) groups is 1. The van der Waals surface area contributed by atoms with Crippen molar-refractivity contribution in [2.24, 2.45) is 0 Å². The summed E-state index contributed by atoms with van der Waals surface area (Å²) in [7, 11) is 1.12. The van der Waals surface area contributed by atoms with Crippen LogP contribution in [0.4, 0.5) is 13.2 Å². The number of aromatic nitrogens is 2. The van der Waals surface area contributed by atoms with Crippen LogP contribution in [0.15, 0.2) is 12.3 Å². The Bertz CT molecular complexity index is 466. The van der Waals surface area contributed by atoms with Gasteiger partial charge in [0.2, 0.25) is 0 Å². The van der Waals surface area contributed by atoms with Gasteiger partial charge in [-0.15, -0.1) is 0 Å². The number of halogens is 3. The van der Waals surface area contributed by atoms with E-state index in [0.717, 1.165) is 33.0 Å². The molecule has 5 nitrogen and oxygen atoms in total. The summed E-state index contributed by atoms with van der Waals surface area (Å²) in [5.74, 6) is -0.718. The first-order chi connectivity index (χ1) is 9.37. The van der Waals surface area contributed by atoms with Gasteiger partial charge in [-0.3, -0.25) is 9.48 Å². The summed E-state index contributed by atoms with van der Waals surface area (Å²) in [6.07, 6.45) is -0.797. The van der Waals surface area contributed by atoms with Crippen molar-refractivity contribution >= 4 is 5.91 Å². The summed E-state index contributed by atoms with van der Waals surface area (Å²) in [5.41, 5.74) is 0.0438. The van der Waals surface area contributed by atoms with Crippen LogP contribution in [0.1, 0.15) is 29.4 Å². The highest BCUT2D eigenvalue weighted by molar-refractivity contribution is 5.92. The van der Waals surface area contributed by atoms with E-state index >= 15 is 0 Å². The Balaban J connectivity index is 2.02. The maximum absolute atomic E-state index is 12.3. The largest absolute Gasteiger partial charge is 0.406 e. The van der Waals surface area contributed by atoms with Crippen molar-refractivity contribution in [1.29, 1.82) is 0 Å². The van der Waals surface area contributed by atoms with Crippen molar-refractivity contribution in [3.8, 4) is 0 Å². The molecule has 1 aromatic rings. The molecule has 2 rings (SSSR count). The second-order valence-electron chi connectivity index (χ2n) is 4.96. The molecule has 8 heteroatoms. The Morgan fingerprint density at radius 1 is 1.60 bits per heavy atom. The van der Waals surface area contributed by atoms with Gasteiger partial charge in [-0.05, 0) is 25.5 Å². The van der Waals surface area contributed by atoms with Crippen LogP contribution in [0.2, 0.25) is 0 Å². The fourth-order valence-corrected chi connectivity index (χ4v) is 2.25. The molecule has 1 fully saturated rings. The highest BCUT2D eigenvalue weighted by atomic mass is 19.4. The molecule has 0 saturated carbocycles. The lowest BCUT2D eigenvalue weighted by atomic mass is 10.1. The number of amides is 1. The maximum atomic E-state index is 12.3. The van der Waals surface area contributed by atoms with Crippen molar-refractivity contribution in [2.45, 2.75) is 25.1 Å². The molecule has 20 heavy (non-hydrogen) atoms. The topological polar surface area (TPSA) is 50.2 Å². The van der Waals surface area contributed by atoms with E-state index in [2.05, 4.69) is 10.4 Å². The molecule has 0 bridgehead atoms. The lowest BCUT2D eigenvalue weighted by Crippen LogP contribution is -2.36. The molecular weight excluding hydrogens is 273 g/mol. The quantitative estimate of drug-likeness (QED) is 0.916. The van der Waals surface area contributed by atoms with Gasteiger partial charge in [-0.1, -0.05) is 0 Å². The molecular formula is C12H17F3N4O. The summed E-state index contributed by atoms with van der Waals surface area (Å²) in [6, 6.07) is 1.61. The summed E-state index contributed by atoms with van der Waals surface area (Å²) in [5, 5.41) is 7.32. The Morgan fingerprint density at radius 2 is 2.35 bits per heavy atom. The number of nitrogens with zero attached hydrogens (tertiary/aromatic N) is 3. The van der Waals surface area contributed by atoms with Crippen molar-refractivity contribution in [2.75, 3.05) is 26.7 Å². The zero-order valence-corrected chi connectivity index (χ0v) is 11.2. The molecule has 1 atom stereocenters. The number of nitrogens with one attached hydrogen (secondary N) is 1. The molecule has 0 radical (unpaired) electrons.